The minimum atomic E-state index is -1.42. The van der Waals surface area contributed by atoms with Crippen LogP contribution in [0.3, 0.4) is 0 Å². The zero-order chi connectivity index (χ0) is 14.8. The van der Waals surface area contributed by atoms with Crippen LogP contribution in [0.1, 0.15) is 24.6 Å². The van der Waals surface area contributed by atoms with Crippen LogP contribution in [0.25, 0.3) is 0 Å². The summed E-state index contributed by atoms with van der Waals surface area (Å²) in [6.45, 7) is 1.71. The summed E-state index contributed by atoms with van der Waals surface area (Å²) in [6.07, 6.45) is 1.20. The van der Waals surface area contributed by atoms with E-state index in [1.54, 1.807) is 6.92 Å². The molecule has 0 saturated heterocycles. The summed E-state index contributed by atoms with van der Waals surface area (Å²) in [5, 5.41) is 10.6. The number of hydrogen-bond donors (Lipinski definition) is 1. The van der Waals surface area contributed by atoms with Crippen molar-refractivity contribution in [2.75, 3.05) is 0 Å². The van der Waals surface area contributed by atoms with Gasteiger partial charge >= 0.3 is 0 Å². The lowest BCUT2D eigenvalue weighted by molar-refractivity contribution is 0.0273. The van der Waals surface area contributed by atoms with Crippen molar-refractivity contribution in [2.24, 2.45) is 0 Å². The van der Waals surface area contributed by atoms with Crippen LogP contribution < -0.4 is 0 Å². The molecule has 106 valence electrons. The smallest absolute Gasteiger partial charge is 0.141 e. The van der Waals surface area contributed by atoms with Gasteiger partial charge in [0.1, 0.15) is 23.1 Å². The third kappa shape index (κ3) is 2.99. The molecule has 2 aromatic rings. The Kier molecular flexibility index (Phi) is 4.09. The summed E-state index contributed by atoms with van der Waals surface area (Å²) in [5.74, 6) is -1.91. The Balaban J connectivity index is 2.33. The maximum Gasteiger partial charge on any atom is 0.141 e. The summed E-state index contributed by atoms with van der Waals surface area (Å²) in [7, 11) is 0. The molecule has 0 aliphatic carbocycles. The number of rotatable bonds is 4. The molecule has 0 radical (unpaired) electrons. The average Bonchev–Trinajstić information content (AvgIpc) is 2.42. The maximum absolute atomic E-state index is 13.7. The fraction of sp³-hybridized carbons (Fsp3) is 0.267. The molecule has 1 aromatic carbocycles. The highest BCUT2D eigenvalue weighted by atomic mass is 19.1. The van der Waals surface area contributed by atoms with E-state index in [0.29, 0.717) is 0 Å². The molecule has 0 aliphatic rings. The van der Waals surface area contributed by atoms with Crippen molar-refractivity contribution in [2.45, 2.75) is 25.4 Å². The number of halogens is 3. The van der Waals surface area contributed by atoms with Crippen LogP contribution in [0.4, 0.5) is 13.2 Å². The number of benzene rings is 1. The second-order valence-corrected chi connectivity index (χ2v) is 4.66. The van der Waals surface area contributed by atoms with E-state index in [1.807, 2.05) is 0 Å². The van der Waals surface area contributed by atoms with E-state index in [1.165, 1.54) is 18.2 Å². The molecular formula is C15H14F3NO. The molecule has 20 heavy (non-hydrogen) atoms. The average molecular weight is 281 g/mol. The number of aliphatic hydroxyl groups is 1. The van der Waals surface area contributed by atoms with Crippen LogP contribution in [-0.4, -0.2) is 10.1 Å². The first-order valence-electron chi connectivity index (χ1n) is 6.23. The Morgan fingerprint density at radius 2 is 1.80 bits per heavy atom. The Morgan fingerprint density at radius 3 is 2.35 bits per heavy atom. The Hall–Kier alpha value is -1.88. The molecule has 0 amide bonds. The highest BCUT2D eigenvalue weighted by Gasteiger charge is 2.30. The van der Waals surface area contributed by atoms with Crippen molar-refractivity contribution in [3.05, 3.63) is 65.2 Å². The first-order valence-corrected chi connectivity index (χ1v) is 6.23. The highest BCUT2D eigenvalue weighted by molar-refractivity contribution is 5.24. The van der Waals surface area contributed by atoms with Gasteiger partial charge in [-0.25, -0.2) is 13.2 Å². The molecule has 2 rings (SSSR count). The second kappa shape index (κ2) is 5.63. The van der Waals surface area contributed by atoms with Crippen molar-refractivity contribution >= 4 is 0 Å². The Labute approximate surface area is 114 Å². The molecular weight excluding hydrogens is 267 g/mol. The quantitative estimate of drug-likeness (QED) is 0.932. The largest absolute Gasteiger partial charge is 0.383 e. The van der Waals surface area contributed by atoms with E-state index in [9.17, 15) is 18.3 Å². The van der Waals surface area contributed by atoms with Crippen molar-refractivity contribution in [1.82, 2.24) is 4.98 Å². The molecule has 0 aliphatic heterocycles. The van der Waals surface area contributed by atoms with Gasteiger partial charge in [0.25, 0.3) is 0 Å². The normalized spacial score (nSPS) is 14.1. The van der Waals surface area contributed by atoms with Crippen LogP contribution in [0.5, 0.6) is 0 Å². The van der Waals surface area contributed by atoms with Gasteiger partial charge < -0.3 is 5.11 Å². The second-order valence-electron chi connectivity index (χ2n) is 4.66. The summed E-state index contributed by atoms with van der Waals surface area (Å²) < 4.78 is 39.4. The standard InChI is InChI=1S/C15H14F3NO/c1-2-15(20,14-6-5-12(17)9-19-14)8-10-3-4-11(16)7-13(10)18/h3-7,9,20H,2,8H2,1H3. The van der Waals surface area contributed by atoms with Crippen LogP contribution in [-0.2, 0) is 12.0 Å². The Morgan fingerprint density at radius 1 is 1.10 bits per heavy atom. The van der Waals surface area contributed by atoms with Crippen molar-refractivity contribution in [3.8, 4) is 0 Å². The summed E-state index contributed by atoms with van der Waals surface area (Å²) >= 11 is 0. The van der Waals surface area contributed by atoms with Crippen molar-refractivity contribution in [3.63, 3.8) is 0 Å². The zero-order valence-electron chi connectivity index (χ0n) is 10.9. The minimum Gasteiger partial charge on any atom is -0.383 e. The number of pyridine rings is 1. The third-order valence-electron chi connectivity index (χ3n) is 3.29. The van der Waals surface area contributed by atoms with Gasteiger partial charge in [-0.05, 0) is 30.2 Å². The predicted octanol–water partition coefficient (Wildman–Crippen LogP) is 3.34. The predicted molar refractivity (Wildman–Crippen MR) is 68.4 cm³/mol. The van der Waals surface area contributed by atoms with Gasteiger partial charge in [-0.15, -0.1) is 0 Å². The molecule has 5 heteroatoms. The Bertz CT molecular complexity index is 601. The third-order valence-corrected chi connectivity index (χ3v) is 3.29. The van der Waals surface area contributed by atoms with Crippen LogP contribution in [0, 0.1) is 17.5 Å². The van der Waals surface area contributed by atoms with E-state index < -0.39 is 23.1 Å². The molecule has 1 aromatic heterocycles. The van der Waals surface area contributed by atoms with Gasteiger partial charge in [-0.1, -0.05) is 13.0 Å². The fourth-order valence-corrected chi connectivity index (χ4v) is 2.03. The van der Waals surface area contributed by atoms with E-state index in [2.05, 4.69) is 4.98 Å². The molecule has 0 saturated carbocycles. The molecule has 0 bridgehead atoms. The lowest BCUT2D eigenvalue weighted by atomic mass is 9.88. The summed E-state index contributed by atoms with van der Waals surface area (Å²) in [5.41, 5.74) is -0.987. The van der Waals surface area contributed by atoms with Gasteiger partial charge in [0.2, 0.25) is 0 Å². The van der Waals surface area contributed by atoms with Crippen LogP contribution in [0.15, 0.2) is 36.5 Å². The number of aromatic nitrogens is 1. The van der Waals surface area contributed by atoms with E-state index in [0.717, 1.165) is 18.3 Å². The molecule has 1 heterocycles. The van der Waals surface area contributed by atoms with Crippen molar-refractivity contribution < 1.29 is 18.3 Å². The minimum absolute atomic E-state index is 0.0613. The molecule has 1 unspecified atom stereocenters. The van der Waals surface area contributed by atoms with Gasteiger partial charge in [0.05, 0.1) is 11.9 Å². The maximum atomic E-state index is 13.7. The molecule has 1 N–H and O–H groups in total. The van der Waals surface area contributed by atoms with Gasteiger partial charge in [0.15, 0.2) is 0 Å². The molecule has 0 spiro atoms. The van der Waals surface area contributed by atoms with Crippen molar-refractivity contribution in [1.29, 1.82) is 0 Å². The van der Waals surface area contributed by atoms with Gasteiger partial charge in [-0.3, -0.25) is 4.98 Å². The first-order chi connectivity index (χ1) is 9.44. The van der Waals surface area contributed by atoms with Crippen LogP contribution >= 0.6 is 0 Å². The van der Waals surface area contributed by atoms with E-state index in [4.69, 9.17) is 0 Å². The summed E-state index contributed by atoms with van der Waals surface area (Å²) in [6, 6.07) is 5.73. The lowest BCUT2D eigenvalue weighted by Crippen LogP contribution is -2.29. The highest BCUT2D eigenvalue weighted by Crippen LogP contribution is 2.29. The first kappa shape index (κ1) is 14.5. The molecule has 0 fully saturated rings. The lowest BCUT2D eigenvalue weighted by Gasteiger charge is -2.26. The van der Waals surface area contributed by atoms with E-state index in [-0.39, 0.29) is 24.1 Å². The van der Waals surface area contributed by atoms with Gasteiger partial charge in [0, 0.05) is 12.5 Å². The molecule has 2 nitrogen and oxygen atoms in total. The van der Waals surface area contributed by atoms with E-state index >= 15 is 0 Å². The zero-order valence-corrected chi connectivity index (χ0v) is 10.9. The monoisotopic (exact) mass is 281 g/mol. The van der Waals surface area contributed by atoms with Crippen LogP contribution in [0.2, 0.25) is 0 Å². The van der Waals surface area contributed by atoms with Gasteiger partial charge in [-0.2, -0.15) is 0 Å². The fourth-order valence-electron chi connectivity index (χ4n) is 2.03. The summed E-state index contributed by atoms with van der Waals surface area (Å²) in [4.78, 5) is 3.84. The SMILES string of the molecule is CCC(O)(Cc1ccc(F)cc1F)c1ccc(F)cn1. The topological polar surface area (TPSA) is 33.1 Å². The number of nitrogens with zero attached hydrogens (tertiary/aromatic N) is 1. The molecule has 1 atom stereocenters. The number of hydrogen-bond acceptors (Lipinski definition) is 2.